The van der Waals surface area contributed by atoms with Crippen molar-refractivity contribution >= 4 is 56.5 Å². The van der Waals surface area contributed by atoms with Crippen molar-refractivity contribution < 1.29 is 4.79 Å². The Morgan fingerprint density at radius 2 is 1.88 bits per heavy atom. The molecule has 4 rings (SSSR count). The van der Waals surface area contributed by atoms with E-state index in [9.17, 15) is 9.59 Å². The maximum atomic E-state index is 12.9. The zero-order chi connectivity index (χ0) is 23.7. The van der Waals surface area contributed by atoms with Gasteiger partial charge in [0.2, 0.25) is 5.91 Å². The van der Waals surface area contributed by atoms with E-state index < -0.39 is 5.25 Å². The van der Waals surface area contributed by atoms with Crippen LogP contribution in [0.5, 0.6) is 0 Å². The van der Waals surface area contributed by atoms with Crippen LogP contribution in [0.25, 0.3) is 21.3 Å². The first-order valence-electron chi connectivity index (χ1n) is 10.6. The molecule has 0 bridgehead atoms. The van der Waals surface area contributed by atoms with Crippen molar-refractivity contribution in [3.05, 3.63) is 74.3 Å². The van der Waals surface area contributed by atoms with Gasteiger partial charge in [0.15, 0.2) is 5.16 Å². The zero-order valence-electron chi connectivity index (χ0n) is 18.7. The number of benzene rings is 2. The van der Waals surface area contributed by atoms with Gasteiger partial charge in [0.05, 0.1) is 10.6 Å². The van der Waals surface area contributed by atoms with Crippen molar-refractivity contribution in [1.82, 2.24) is 9.97 Å². The van der Waals surface area contributed by atoms with E-state index in [1.807, 2.05) is 30.5 Å². The molecule has 1 amide bonds. The largest absolute Gasteiger partial charge is 0.325 e. The van der Waals surface area contributed by atoms with E-state index >= 15 is 0 Å². The number of halogens is 1. The van der Waals surface area contributed by atoms with Crippen LogP contribution in [-0.4, -0.2) is 21.1 Å². The molecule has 5 nitrogen and oxygen atoms in total. The van der Waals surface area contributed by atoms with Crippen LogP contribution in [0.3, 0.4) is 0 Å². The number of anilines is 1. The predicted molar refractivity (Wildman–Crippen MR) is 140 cm³/mol. The first-order chi connectivity index (χ1) is 15.7. The van der Waals surface area contributed by atoms with Crippen LogP contribution < -0.4 is 10.9 Å². The Labute approximate surface area is 205 Å². The van der Waals surface area contributed by atoms with Gasteiger partial charge in [-0.15, -0.1) is 11.3 Å². The topological polar surface area (TPSA) is 74.8 Å². The number of thiophene rings is 1. The minimum atomic E-state index is -0.466. The standard InChI is InChI=1S/C25H24ClN3O2S2/c1-13(2)16-6-8-17(9-7-16)19-12-32-24-21(19)23(31)28-25(29-24)33-15(4)22(30)27-20-11-18(26)10-5-14(20)3/h5-13,15H,1-4H3,(H,27,30)(H,28,29,31). The van der Waals surface area contributed by atoms with Crippen LogP contribution in [0, 0.1) is 6.92 Å². The second-order valence-corrected chi connectivity index (χ2v) is 10.8. The predicted octanol–water partition coefficient (Wildman–Crippen LogP) is 6.86. The molecule has 0 saturated heterocycles. The maximum absolute atomic E-state index is 12.9. The normalized spacial score (nSPS) is 12.3. The molecule has 0 aliphatic heterocycles. The van der Waals surface area contributed by atoms with Crippen molar-refractivity contribution in [2.45, 2.75) is 44.0 Å². The van der Waals surface area contributed by atoms with Crippen molar-refractivity contribution in [1.29, 1.82) is 0 Å². The molecule has 0 fully saturated rings. The van der Waals surface area contributed by atoms with Crippen LogP contribution in [0.4, 0.5) is 5.69 Å². The number of rotatable bonds is 6. The summed E-state index contributed by atoms with van der Waals surface area (Å²) >= 11 is 8.69. The molecule has 8 heteroatoms. The number of aromatic amines is 1. The number of H-pyrrole nitrogens is 1. The number of thioether (sulfide) groups is 1. The number of carbonyl (C=O) groups excluding carboxylic acids is 1. The van der Waals surface area contributed by atoms with Gasteiger partial charge in [0, 0.05) is 21.7 Å². The molecule has 2 aromatic carbocycles. The van der Waals surface area contributed by atoms with Crippen LogP contribution in [0.2, 0.25) is 5.02 Å². The fourth-order valence-electron chi connectivity index (χ4n) is 3.43. The number of nitrogens with zero attached hydrogens (tertiary/aromatic N) is 1. The summed E-state index contributed by atoms with van der Waals surface area (Å²) in [4.78, 5) is 33.8. The van der Waals surface area contributed by atoms with E-state index in [-0.39, 0.29) is 11.5 Å². The molecular formula is C25H24ClN3O2S2. The number of carbonyl (C=O) groups is 1. The molecular weight excluding hydrogens is 474 g/mol. The quantitative estimate of drug-likeness (QED) is 0.225. The number of nitrogens with one attached hydrogen (secondary N) is 2. The fraction of sp³-hybridized carbons (Fsp3) is 0.240. The summed E-state index contributed by atoms with van der Waals surface area (Å²) in [6, 6.07) is 13.6. The number of fused-ring (bicyclic) bond motifs is 1. The highest BCUT2D eigenvalue weighted by molar-refractivity contribution is 8.00. The van der Waals surface area contributed by atoms with Crippen molar-refractivity contribution in [3.63, 3.8) is 0 Å². The highest BCUT2D eigenvalue weighted by Crippen LogP contribution is 2.33. The Morgan fingerprint density at radius 1 is 1.15 bits per heavy atom. The van der Waals surface area contributed by atoms with Crippen LogP contribution in [0.1, 0.15) is 37.8 Å². The minimum Gasteiger partial charge on any atom is -0.325 e. The average Bonchev–Trinajstić information content (AvgIpc) is 3.21. The smallest absolute Gasteiger partial charge is 0.260 e. The van der Waals surface area contributed by atoms with Gasteiger partial charge < -0.3 is 10.3 Å². The lowest BCUT2D eigenvalue weighted by atomic mass is 9.99. The number of amides is 1. The Bertz CT molecular complexity index is 1380. The van der Waals surface area contributed by atoms with Gasteiger partial charge in [-0.1, -0.05) is 67.5 Å². The molecule has 1 unspecified atom stereocenters. The highest BCUT2D eigenvalue weighted by Gasteiger charge is 2.19. The lowest BCUT2D eigenvalue weighted by Crippen LogP contribution is -2.23. The molecule has 0 aliphatic carbocycles. The molecule has 0 spiro atoms. The summed E-state index contributed by atoms with van der Waals surface area (Å²) in [5.74, 6) is 0.259. The first kappa shape index (κ1) is 23.5. The van der Waals surface area contributed by atoms with Crippen molar-refractivity contribution in [2.75, 3.05) is 5.32 Å². The number of aryl methyl sites for hydroxylation is 1. The van der Waals surface area contributed by atoms with Gasteiger partial charge in [-0.3, -0.25) is 9.59 Å². The van der Waals surface area contributed by atoms with E-state index in [1.54, 1.807) is 19.1 Å². The summed E-state index contributed by atoms with van der Waals surface area (Å²) in [6.07, 6.45) is 0. The second-order valence-electron chi connectivity index (χ2n) is 8.19. The molecule has 2 aromatic heterocycles. The zero-order valence-corrected chi connectivity index (χ0v) is 21.1. The fourth-order valence-corrected chi connectivity index (χ4v) is 5.40. The van der Waals surface area contributed by atoms with Gasteiger partial charge in [-0.2, -0.15) is 0 Å². The third-order valence-electron chi connectivity index (χ3n) is 5.43. The van der Waals surface area contributed by atoms with E-state index in [2.05, 4.69) is 41.3 Å². The highest BCUT2D eigenvalue weighted by atomic mass is 35.5. The lowest BCUT2D eigenvalue weighted by Gasteiger charge is -2.13. The minimum absolute atomic E-state index is 0.190. The van der Waals surface area contributed by atoms with Gasteiger partial charge >= 0.3 is 0 Å². The van der Waals surface area contributed by atoms with E-state index in [4.69, 9.17) is 11.6 Å². The second kappa shape index (κ2) is 9.71. The van der Waals surface area contributed by atoms with Crippen molar-refractivity contribution in [2.24, 2.45) is 0 Å². The lowest BCUT2D eigenvalue weighted by molar-refractivity contribution is -0.115. The molecule has 0 aliphatic rings. The summed E-state index contributed by atoms with van der Waals surface area (Å²) in [5.41, 5.74) is 4.50. The van der Waals surface area contributed by atoms with Crippen molar-refractivity contribution in [3.8, 4) is 11.1 Å². The maximum Gasteiger partial charge on any atom is 0.260 e. The third kappa shape index (κ3) is 5.16. The van der Waals surface area contributed by atoms with E-state index in [0.717, 1.165) is 16.7 Å². The van der Waals surface area contributed by atoms with Gasteiger partial charge in [-0.05, 0) is 48.6 Å². The van der Waals surface area contributed by atoms with Gasteiger partial charge in [0.25, 0.3) is 5.56 Å². The van der Waals surface area contributed by atoms with Crippen LogP contribution >= 0.6 is 34.7 Å². The van der Waals surface area contributed by atoms with E-state index in [1.165, 1.54) is 28.7 Å². The monoisotopic (exact) mass is 497 g/mol. The molecule has 1 atom stereocenters. The molecule has 33 heavy (non-hydrogen) atoms. The summed E-state index contributed by atoms with van der Waals surface area (Å²) in [6.45, 7) is 7.99. The SMILES string of the molecule is Cc1ccc(Cl)cc1NC(=O)C(C)Sc1nc2scc(-c3ccc(C(C)C)cc3)c2c(=O)[nH]1. The first-order valence-corrected chi connectivity index (χ1v) is 12.7. The molecule has 4 aromatic rings. The Balaban J connectivity index is 1.55. The van der Waals surface area contributed by atoms with E-state index in [0.29, 0.717) is 32.0 Å². The van der Waals surface area contributed by atoms with Crippen LogP contribution in [-0.2, 0) is 4.79 Å². The average molecular weight is 498 g/mol. The number of hydrogen-bond acceptors (Lipinski definition) is 5. The van der Waals surface area contributed by atoms with Gasteiger partial charge in [0.1, 0.15) is 4.83 Å². The summed E-state index contributed by atoms with van der Waals surface area (Å²) < 4.78 is 0. The Hall–Kier alpha value is -2.61. The Morgan fingerprint density at radius 3 is 2.58 bits per heavy atom. The molecule has 2 N–H and O–H groups in total. The number of aromatic nitrogens is 2. The molecule has 2 heterocycles. The summed E-state index contributed by atoms with van der Waals surface area (Å²) in [5, 5.41) is 5.95. The molecule has 0 radical (unpaired) electrons. The Kier molecular flexibility index (Phi) is 6.93. The van der Waals surface area contributed by atoms with Crippen LogP contribution in [0.15, 0.2) is 57.8 Å². The molecule has 170 valence electrons. The third-order valence-corrected chi connectivity index (χ3v) is 7.52. The molecule has 0 saturated carbocycles. The van der Waals surface area contributed by atoms with Gasteiger partial charge in [-0.25, -0.2) is 4.98 Å². The number of hydrogen-bond donors (Lipinski definition) is 2. The summed E-state index contributed by atoms with van der Waals surface area (Å²) in [7, 11) is 0.